The standard InChI is InChI=1S/C12H24N2O2/c15-10-12-11-16-9-8-14(12)7-6-13-4-2-1-3-5-13/h12,15H,1-11H2. The van der Waals surface area contributed by atoms with E-state index < -0.39 is 0 Å². The zero-order chi connectivity index (χ0) is 11.2. The Morgan fingerprint density at radius 3 is 2.62 bits per heavy atom. The summed E-state index contributed by atoms with van der Waals surface area (Å²) in [4.78, 5) is 4.92. The summed E-state index contributed by atoms with van der Waals surface area (Å²) in [5.74, 6) is 0. The lowest BCUT2D eigenvalue weighted by atomic mass is 10.1. The highest BCUT2D eigenvalue weighted by Gasteiger charge is 2.22. The molecule has 2 aliphatic heterocycles. The van der Waals surface area contributed by atoms with Gasteiger partial charge in [-0.3, -0.25) is 4.90 Å². The number of hydrogen-bond acceptors (Lipinski definition) is 4. The fraction of sp³-hybridized carbons (Fsp3) is 1.00. The van der Waals surface area contributed by atoms with Crippen LogP contribution >= 0.6 is 0 Å². The largest absolute Gasteiger partial charge is 0.395 e. The molecule has 4 heteroatoms. The van der Waals surface area contributed by atoms with Crippen molar-refractivity contribution in [2.75, 3.05) is 52.5 Å². The fourth-order valence-electron chi connectivity index (χ4n) is 2.60. The van der Waals surface area contributed by atoms with Gasteiger partial charge in [-0.15, -0.1) is 0 Å². The van der Waals surface area contributed by atoms with Gasteiger partial charge in [0.05, 0.1) is 25.9 Å². The molecule has 2 heterocycles. The molecule has 0 radical (unpaired) electrons. The van der Waals surface area contributed by atoms with Crippen LogP contribution in [0.4, 0.5) is 0 Å². The maximum Gasteiger partial charge on any atom is 0.0644 e. The minimum absolute atomic E-state index is 0.221. The highest BCUT2D eigenvalue weighted by molar-refractivity contribution is 4.76. The Labute approximate surface area is 98.2 Å². The molecule has 0 bridgehead atoms. The Morgan fingerprint density at radius 1 is 1.06 bits per heavy atom. The van der Waals surface area contributed by atoms with Crippen molar-refractivity contribution in [3.05, 3.63) is 0 Å². The van der Waals surface area contributed by atoms with Crippen LogP contribution in [0.25, 0.3) is 0 Å². The van der Waals surface area contributed by atoms with Gasteiger partial charge in [-0.2, -0.15) is 0 Å². The summed E-state index contributed by atoms with van der Waals surface area (Å²) in [6.07, 6.45) is 4.10. The lowest BCUT2D eigenvalue weighted by Crippen LogP contribution is -2.50. The molecule has 1 atom stereocenters. The minimum Gasteiger partial charge on any atom is -0.395 e. The molecule has 94 valence electrons. The molecule has 16 heavy (non-hydrogen) atoms. The second kappa shape index (κ2) is 6.55. The first-order chi connectivity index (χ1) is 7.90. The van der Waals surface area contributed by atoms with E-state index in [4.69, 9.17) is 4.74 Å². The molecule has 0 amide bonds. The summed E-state index contributed by atoms with van der Waals surface area (Å²) < 4.78 is 5.38. The Bertz CT molecular complexity index is 195. The number of piperidine rings is 1. The Kier molecular flexibility index (Phi) is 5.03. The number of hydrogen-bond donors (Lipinski definition) is 1. The molecule has 1 N–H and O–H groups in total. The van der Waals surface area contributed by atoms with Gasteiger partial charge in [0.1, 0.15) is 0 Å². The number of nitrogens with zero attached hydrogens (tertiary/aromatic N) is 2. The van der Waals surface area contributed by atoms with Crippen molar-refractivity contribution in [1.82, 2.24) is 9.80 Å². The van der Waals surface area contributed by atoms with E-state index in [1.165, 1.54) is 32.4 Å². The van der Waals surface area contributed by atoms with Crippen molar-refractivity contribution in [2.45, 2.75) is 25.3 Å². The summed E-state index contributed by atoms with van der Waals surface area (Å²) >= 11 is 0. The van der Waals surface area contributed by atoms with Crippen LogP contribution in [-0.2, 0) is 4.74 Å². The molecule has 0 aromatic carbocycles. The second-order valence-corrected chi connectivity index (χ2v) is 4.85. The molecule has 2 aliphatic rings. The summed E-state index contributed by atoms with van der Waals surface area (Å²) in [5, 5.41) is 9.26. The average Bonchev–Trinajstić information content (AvgIpc) is 2.38. The predicted octanol–water partition coefficient (Wildman–Crippen LogP) is 0.165. The van der Waals surface area contributed by atoms with Crippen molar-refractivity contribution in [3.8, 4) is 0 Å². The Balaban J connectivity index is 1.70. The van der Waals surface area contributed by atoms with Crippen LogP contribution in [-0.4, -0.2) is 73.5 Å². The molecule has 0 aromatic rings. The van der Waals surface area contributed by atoms with Crippen molar-refractivity contribution in [2.24, 2.45) is 0 Å². The Morgan fingerprint density at radius 2 is 1.88 bits per heavy atom. The summed E-state index contributed by atoms with van der Waals surface area (Å²) in [6.45, 7) is 7.44. The normalized spacial score (nSPS) is 29.4. The number of morpholine rings is 1. The van der Waals surface area contributed by atoms with Gasteiger partial charge in [0, 0.05) is 19.6 Å². The van der Waals surface area contributed by atoms with Crippen LogP contribution in [0, 0.1) is 0 Å². The number of ether oxygens (including phenoxy) is 1. The quantitative estimate of drug-likeness (QED) is 0.744. The number of aliphatic hydroxyl groups excluding tert-OH is 1. The maximum absolute atomic E-state index is 9.26. The average molecular weight is 228 g/mol. The summed E-state index contributed by atoms with van der Waals surface area (Å²) in [5.41, 5.74) is 0. The third-order valence-electron chi connectivity index (χ3n) is 3.71. The van der Waals surface area contributed by atoms with E-state index in [0.717, 1.165) is 26.2 Å². The zero-order valence-electron chi connectivity index (χ0n) is 10.1. The Hall–Kier alpha value is -0.160. The van der Waals surface area contributed by atoms with Gasteiger partial charge in [0.25, 0.3) is 0 Å². The first kappa shape index (κ1) is 12.3. The van der Waals surface area contributed by atoms with Crippen LogP contribution < -0.4 is 0 Å². The van der Waals surface area contributed by atoms with E-state index >= 15 is 0 Å². The first-order valence-corrected chi connectivity index (χ1v) is 6.55. The minimum atomic E-state index is 0.221. The van der Waals surface area contributed by atoms with E-state index in [2.05, 4.69) is 9.80 Å². The van der Waals surface area contributed by atoms with Gasteiger partial charge in [0.2, 0.25) is 0 Å². The van der Waals surface area contributed by atoms with Crippen LogP contribution in [0.15, 0.2) is 0 Å². The van der Waals surface area contributed by atoms with E-state index in [0.29, 0.717) is 6.61 Å². The molecular weight excluding hydrogens is 204 g/mol. The lowest BCUT2D eigenvalue weighted by Gasteiger charge is -2.36. The van der Waals surface area contributed by atoms with Gasteiger partial charge in [0.15, 0.2) is 0 Å². The van der Waals surface area contributed by atoms with Crippen LogP contribution in [0.5, 0.6) is 0 Å². The monoisotopic (exact) mass is 228 g/mol. The van der Waals surface area contributed by atoms with Crippen molar-refractivity contribution in [1.29, 1.82) is 0 Å². The summed E-state index contributed by atoms with van der Waals surface area (Å²) in [6, 6.07) is 0.221. The van der Waals surface area contributed by atoms with E-state index in [1.807, 2.05) is 0 Å². The van der Waals surface area contributed by atoms with Crippen LogP contribution in [0.2, 0.25) is 0 Å². The molecule has 0 spiro atoms. The third-order valence-corrected chi connectivity index (χ3v) is 3.71. The predicted molar refractivity (Wildman–Crippen MR) is 63.6 cm³/mol. The molecule has 0 saturated carbocycles. The topological polar surface area (TPSA) is 35.9 Å². The summed E-state index contributed by atoms with van der Waals surface area (Å²) in [7, 11) is 0. The van der Waals surface area contributed by atoms with Crippen molar-refractivity contribution in [3.63, 3.8) is 0 Å². The van der Waals surface area contributed by atoms with Crippen molar-refractivity contribution < 1.29 is 9.84 Å². The number of rotatable bonds is 4. The van der Waals surface area contributed by atoms with E-state index in [1.54, 1.807) is 0 Å². The van der Waals surface area contributed by atoms with Crippen LogP contribution in [0.1, 0.15) is 19.3 Å². The molecule has 1 unspecified atom stereocenters. The van der Waals surface area contributed by atoms with Gasteiger partial charge >= 0.3 is 0 Å². The third kappa shape index (κ3) is 3.42. The second-order valence-electron chi connectivity index (χ2n) is 4.85. The highest BCUT2D eigenvalue weighted by atomic mass is 16.5. The molecule has 0 aliphatic carbocycles. The van der Waals surface area contributed by atoms with Crippen molar-refractivity contribution >= 4 is 0 Å². The van der Waals surface area contributed by atoms with Gasteiger partial charge in [-0.05, 0) is 25.9 Å². The van der Waals surface area contributed by atoms with E-state index in [-0.39, 0.29) is 12.6 Å². The lowest BCUT2D eigenvalue weighted by molar-refractivity contribution is -0.0307. The fourth-order valence-corrected chi connectivity index (χ4v) is 2.60. The number of aliphatic hydroxyl groups is 1. The SMILES string of the molecule is OCC1COCCN1CCN1CCCCC1. The van der Waals surface area contributed by atoms with E-state index in [9.17, 15) is 5.11 Å². The number of likely N-dealkylation sites (tertiary alicyclic amines) is 1. The molecule has 2 fully saturated rings. The first-order valence-electron chi connectivity index (χ1n) is 6.55. The van der Waals surface area contributed by atoms with Gasteiger partial charge in [-0.25, -0.2) is 0 Å². The highest BCUT2D eigenvalue weighted by Crippen LogP contribution is 2.10. The maximum atomic E-state index is 9.26. The molecule has 4 nitrogen and oxygen atoms in total. The van der Waals surface area contributed by atoms with Gasteiger partial charge in [-0.1, -0.05) is 6.42 Å². The van der Waals surface area contributed by atoms with Crippen LogP contribution in [0.3, 0.4) is 0 Å². The molecule has 2 rings (SSSR count). The molecule has 2 saturated heterocycles. The van der Waals surface area contributed by atoms with Gasteiger partial charge < -0.3 is 14.7 Å². The molecular formula is C12H24N2O2. The molecule has 0 aromatic heterocycles. The smallest absolute Gasteiger partial charge is 0.0644 e. The zero-order valence-corrected chi connectivity index (χ0v) is 10.1.